The number of imidazole rings is 1. The van der Waals surface area contributed by atoms with E-state index in [1.807, 2.05) is 25.9 Å². The topological polar surface area (TPSA) is 58.4 Å². The van der Waals surface area contributed by atoms with Crippen LogP contribution in [0.5, 0.6) is 0 Å². The summed E-state index contributed by atoms with van der Waals surface area (Å²) in [5.41, 5.74) is 1.13. The van der Waals surface area contributed by atoms with Gasteiger partial charge in [-0.3, -0.25) is 9.69 Å². The molecular weight excluding hydrogens is 261 g/mol. The molecule has 2 rings (SSSR count). The van der Waals surface area contributed by atoms with E-state index in [0.717, 1.165) is 6.42 Å². The molecule has 0 fully saturated rings. The van der Waals surface area contributed by atoms with Crippen molar-refractivity contribution in [2.24, 2.45) is 0 Å². The Morgan fingerprint density at radius 3 is 2.75 bits per heavy atom. The Kier molecular flexibility index (Phi) is 4.04. The molecule has 0 saturated carbocycles. The van der Waals surface area contributed by atoms with Crippen LogP contribution in [-0.4, -0.2) is 39.6 Å². The van der Waals surface area contributed by atoms with Crippen LogP contribution in [0.3, 0.4) is 0 Å². The van der Waals surface area contributed by atoms with E-state index in [2.05, 4.69) is 4.98 Å². The number of carbonyl (C=O) groups is 1. The number of carboxylic acids is 1. The summed E-state index contributed by atoms with van der Waals surface area (Å²) in [6, 6.07) is 4.22. The predicted molar refractivity (Wildman–Crippen MR) is 74.0 cm³/mol. The Bertz CT molecular complexity index is 637. The van der Waals surface area contributed by atoms with E-state index in [1.165, 1.54) is 12.1 Å². The van der Waals surface area contributed by atoms with Gasteiger partial charge < -0.3 is 9.67 Å². The third kappa shape index (κ3) is 2.65. The fraction of sp³-hybridized carbons (Fsp3) is 0.429. The first-order chi connectivity index (χ1) is 9.43. The number of aliphatic carboxylic acids is 1. The molecule has 20 heavy (non-hydrogen) atoms. The lowest BCUT2D eigenvalue weighted by Gasteiger charge is -2.23. The van der Waals surface area contributed by atoms with Crippen molar-refractivity contribution in [1.82, 2.24) is 14.5 Å². The zero-order chi connectivity index (χ0) is 14.9. The third-order valence-electron chi connectivity index (χ3n) is 3.34. The summed E-state index contributed by atoms with van der Waals surface area (Å²) in [4.78, 5) is 17.5. The number of aromatic nitrogens is 2. The van der Waals surface area contributed by atoms with Gasteiger partial charge in [-0.05, 0) is 32.6 Å². The van der Waals surface area contributed by atoms with Gasteiger partial charge in [-0.1, -0.05) is 6.92 Å². The van der Waals surface area contributed by atoms with Crippen LogP contribution in [0.15, 0.2) is 18.2 Å². The second-order valence-electron chi connectivity index (χ2n) is 4.97. The van der Waals surface area contributed by atoms with E-state index < -0.39 is 5.97 Å². The number of carboxylic acid groups (broad SMARTS) is 1. The highest BCUT2D eigenvalue weighted by atomic mass is 19.1. The van der Waals surface area contributed by atoms with Crippen molar-refractivity contribution < 1.29 is 14.3 Å². The highest BCUT2D eigenvalue weighted by molar-refractivity contribution is 5.78. The molecule has 0 spiro atoms. The highest BCUT2D eigenvalue weighted by Gasteiger charge is 2.22. The zero-order valence-corrected chi connectivity index (χ0v) is 11.8. The van der Waals surface area contributed by atoms with Gasteiger partial charge in [-0.25, -0.2) is 9.37 Å². The minimum Gasteiger partial charge on any atom is -0.480 e. The van der Waals surface area contributed by atoms with Gasteiger partial charge >= 0.3 is 5.97 Å². The summed E-state index contributed by atoms with van der Waals surface area (Å²) < 4.78 is 14.9. The summed E-state index contributed by atoms with van der Waals surface area (Å²) in [6.07, 6.45) is 0.790. The summed E-state index contributed by atoms with van der Waals surface area (Å²) in [5, 5.41) is 9.08. The summed E-state index contributed by atoms with van der Waals surface area (Å²) in [6.45, 7) is 1.83. The summed E-state index contributed by atoms with van der Waals surface area (Å²) >= 11 is 0. The lowest BCUT2D eigenvalue weighted by molar-refractivity contribution is -0.137. The smallest absolute Gasteiger partial charge is 0.323 e. The van der Waals surface area contributed by atoms with E-state index >= 15 is 0 Å². The largest absolute Gasteiger partial charge is 0.480 e. The quantitative estimate of drug-likeness (QED) is 0.912. The molecule has 1 N–H and O–H groups in total. The molecule has 0 aliphatic carbocycles. The average molecular weight is 279 g/mol. The van der Waals surface area contributed by atoms with Gasteiger partial charge in [-0.15, -0.1) is 0 Å². The second kappa shape index (κ2) is 5.58. The maximum Gasteiger partial charge on any atom is 0.323 e. The number of hydrogen-bond donors (Lipinski definition) is 1. The lowest BCUT2D eigenvalue weighted by Crippen LogP contribution is -2.24. The minimum absolute atomic E-state index is 0.00943. The Morgan fingerprint density at radius 2 is 2.20 bits per heavy atom. The molecule has 0 amide bonds. The van der Waals surface area contributed by atoms with Crippen LogP contribution in [0.1, 0.15) is 25.2 Å². The SMILES string of the molecule is CCC(c1nc2cc(F)ccc2n1CC(=O)O)N(C)C. The molecule has 2 aromatic rings. The van der Waals surface area contributed by atoms with Crippen LogP contribution in [-0.2, 0) is 11.3 Å². The molecule has 1 heterocycles. The molecule has 0 saturated heterocycles. The van der Waals surface area contributed by atoms with Crippen LogP contribution in [0.4, 0.5) is 4.39 Å². The van der Waals surface area contributed by atoms with Gasteiger partial charge in [0.1, 0.15) is 18.2 Å². The molecule has 0 bridgehead atoms. The molecule has 1 aromatic heterocycles. The van der Waals surface area contributed by atoms with Crippen LogP contribution in [0.25, 0.3) is 11.0 Å². The predicted octanol–water partition coefficient (Wildman–Crippen LogP) is 2.27. The van der Waals surface area contributed by atoms with E-state index in [9.17, 15) is 9.18 Å². The maximum absolute atomic E-state index is 13.3. The standard InChI is InChI=1S/C14H18FN3O2/c1-4-11(17(2)3)14-16-10-7-9(15)5-6-12(10)18(14)8-13(19)20/h5-7,11H,4,8H2,1-3H3,(H,19,20). The van der Waals surface area contributed by atoms with Gasteiger partial charge in [0.2, 0.25) is 0 Å². The third-order valence-corrected chi connectivity index (χ3v) is 3.34. The Morgan fingerprint density at radius 1 is 1.50 bits per heavy atom. The number of nitrogens with zero attached hydrogens (tertiary/aromatic N) is 3. The van der Waals surface area contributed by atoms with E-state index in [1.54, 1.807) is 10.6 Å². The first kappa shape index (κ1) is 14.5. The fourth-order valence-electron chi connectivity index (χ4n) is 2.46. The lowest BCUT2D eigenvalue weighted by atomic mass is 10.2. The van der Waals surface area contributed by atoms with Gasteiger partial charge in [0, 0.05) is 6.07 Å². The summed E-state index contributed by atoms with van der Waals surface area (Å²) in [5.74, 6) is -0.661. The van der Waals surface area contributed by atoms with Gasteiger partial charge in [0.05, 0.1) is 17.1 Å². The molecule has 108 valence electrons. The van der Waals surface area contributed by atoms with E-state index in [4.69, 9.17) is 5.11 Å². The van der Waals surface area contributed by atoms with Crippen molar-refractivity contribution in [3.8, 4) is 0 Å². The zero-order valence-electron chi connectivity index (χ0n) is 11.8. The van der Waals surface area contributed by atoms with E-state index in [0.29, 0.717) is 16.9 Å². The Balaban J connectivity index is 2.64. The van der Waals surface area contributed by atoms with Crippen LogP contribution >= 0.6 is 0 Å². The van der Waals surface area contributed by atoms with Crippen LogP contribution in [0, 0.1) is 5.82 Å². The van der Waals surface area contributed by atoms with Crippen molar-refractivity contribution >= 4 is 17.0 Å². The molecular formula is C14H18FN3O2. The molecule has 1 atom stereocenters. The number of fused-ring (bicyclic) bond motifs is 1. The number of benzene rings is 1. The molecule has 0 aliphatic heterocycles. The number of hydrogen-bond acceptors (Lipinski definition) is 3. The van der Waals surface area contributed by atoms with E-state index in [-0.39, 0.29) is 18.4 Å². The molecule has 5 nitrogen and oxygen atoms in total. The van der Waals surface area contributed by atoms with Crippen molar-refractivity contribution in [3.63, 3.8) is 0 Å². The molecule has 0 aliphatic rings. The first-order valence-electron chi connectivity index (χ1n) is 6.48. The highest BCUT2D eigenvalue weighted by Crippen LogP contribution is 2.26. The minimum atomic E-state index is -0.941. The normalized spacial score (nSPS) is 13.1. The average Bonchev–Trinajstić information content (AvgIpc) is 2.67. The molecule has 0 radical (unpaired) electrons. The first-order valence-corrected chi connectivity index (χ1v) is 6.48. The van der Waals surface area contributed by atoms with Crippen molar-refractivity contribution in [2.45, 2.75) is 25.9 Å². The Labute approximate surface area is 116 Å². The summed E-state index contributed by atoms with van der Waals surface area (Å²) in [7, 11) is 3.83. The van der Waals surface area contributed by atoms with Gasteiger partial charge in [0.15, 0.2) is 0 Å². The second-order valence-corrected chi connectivity index (χ2v) is 4.97. The van der Waals surface area contributed by atoms with Crippen LogP contribution < -0.4 is 0 Å². The molecule has 1 aromatic carbocycles. The van der Waals surface area contributed by atoms with Gasteiger partial charge in [0.25, 0.3) is 0 Å². The van der Waals surface area contributed by atoms with Crippen LogP contribution in [0.2, 0.25) is 0 Å². The number of rotatable bonds is 5. The maximum atomic E-state index is 13.3. The monoisotopic (exact) mass is 279 g/mol. The molecule has 1 unspecified atom stereocenters. The number of halogens is 1. The van der Waals surface area contributed by atoms with Crippen molar-refractivity contribution in [3.05, 3.63) is 29.8 Å². The van der Waals surface area contributed by atoms with Gasteiger partial charge in [-0.2, -0.15) is 0 Å². The Hall–Kier alpha value is -1.95. The van der Waals surface area contributed by atoms with Crippen molar-refractivity contribution in [1.29, 1.82) is 0 Å². The van der Waals surface area contributed by atoms with Crippen molar-refractivity contribution in [2.75, 3.05) is 14.1 Å². The fourth-order valence-corrected chi connectivity index (χ4v) is 2.46. The molecule has 6 heteroatoms.